The molecule has 4 rings (SSSR count). The number of hydrogen-bond acceptors (Lipinski definition) is 5. The number of fused-ring (bicyclic) bond motifs is 1. The maximum absolute atomic E-state index is 12.4. The van der Waals surface area contributed by atoms with E-state index in [1.54, 1.807) is 47.1 Å². The summed E-state index contributed by atoms with van der Waals surface area (Å²) in [6.45, 7) is 0. The van der Waals surface area contributed by atoms with E-state index in [2.05, 4.69) is 20.0 Å². The molecule has 0 aliphatic rings. The number of pyridine rings is 2. The van der Waals surface area contributed by atoms with E-state index < -0.39 is 10.0 Å². The van der Waals surface area contributed by atoms with Crippen LogP contribution in [0.4, 0.5) is 11.5 Å². The summed E-state index contributed by atoms with van der Waals surface area (Å²) >= 11 is 5.95. The van der Waals surface area contributed by atoms with E-state index in [0.717, 1.165) is 0 Å². The topological polar surface area (TPSA) is 105 Å². The van der Waals surface area contributed by atoms with Gasteiger partial charge in [-0.2, -0.15) is 0 Å². The average Bonchev–Trinajstić information content (AvgIpc) is 3.10. The zero-order valence-corrected chi connectivity index (χ0v) is 17.1. The Kier molecular flexibility index (Phi) is 5.39. The molecule has 3 aromatic heterocycles. The molecule has 0 aliphatic heterocycles. The van der Waals surface area contributed by atoms with Gasteiger partial charge >= 0.3 is 0 Å². The van der Waals surface area contributed by atoms with Gasteiger partial charge < -0.3 is 9.72 Å². The van der Waals surface area contributed by atoms with Crippen molar-refractivity contribution in [3.63, 3.8) is 0 Å². The number of hydrogen-bond donors (Lipinski definition) is 2. The molecule has 3 heterocycles. The number of nitrogens with one attached hydrogen (secondary N) is 2. The van der Waals surface area contributed by atoms with Crippen molar-refractivity contribution >= 4 is 44.7 Å². The summed E-state index contributed by atoms with van der Waals surface area (Å²) in [5.41, 5.74) is 1.76. The third-order valence-electron chi connectivity index (χ3n) is 4.16. The van der Waals surface area contributed by atoms with E-state index in [-0.39, 0.29) is 23.0 Å². The van der Waals surface area contributed by atoms with E-state index in [0.29, 0.717) is 22.1 Å². The maximum atomic E-state index is 12.4. The molecular weight excluding hydrogens is 426 g/mol. The van der Waals surface area contributed by atoms with Crippen molar-refractivity contribution in [1.82, 2.24) is 14.4 Å². The summed E-state index contributed by atoms with van der Waals surface area (Å²) in [7, 11) is -3.77. The highest BCUT2D eigenvalue weighted by molar-refractivity contribution is 7.92. The second kappa shape index (κ2) is 8.13. The predicted molar refractivity (Wildman–Crippen MR) is 114 cm³/mol. The Bertz CT molecular complexity index is 1310. The van der Waals surface area contributed by atoms with Crippen molar-refractivity contribution in [3.8, 4) is 0 Å². The number of amides is 1. The van der Waals surface area contributed by atoms with E-state index >= 15 is 0 Å². The van der Waals surface area contributed by atoms with Crippen LogP contribution < -0.4 is 10.0 Å². The first-order chi connectivity index (χ1) is 14.4. The minimum atomic E-state index is -3.77. The molecule has 0 unspecified atom stereocenters. The molecule has 152 valence electrons. The van der Waals surface area contributed by atoms with E-state index in [1.165, 1.54) is 30.5 Å². The second-order valence-corrected chi connectivity index (χ2v) is 8.53. The molecule has 1 amide bonds. The highest BCUT2D eigenvalue weighted by Crippen LogP contribution is 2.18. The van der Waals surface area contributed by atoms with Gasteiger partial charge in [-0.25, -0.2) is 18.4 Å². The maximum Gasteiger partial charge on any atom is 0.263 e. The number of rotatable bonds is 6. The normalized spacial score (nSPS) is 11.4. The lowest BCUT2D eigenvalue weighted by molar-refractivity contribution is -0.115. The lowest BCUT2D eigenvalue weighted by Crippen LogP contribution is -2.16. The van der Waals surface area contributed by atoms with Gasteiger partial charge in [0.1, 0.15) is 11.5 Å². The van der Waals surface area contributed by atoms with Crippen LogP contribution in [-0.4, -0.2) is 28.7 Å². The van der Waals surface area contributed by atoms with Gasteiger partial charge in [0.2, 0.25) is 5.91 Å². The Morgan fingerprint density at radius 2 is 1.83 bits per heavy atom. The lowest BCUT2D eigenvalue weighted by atomic mass is 10.3. The first-order valence-corrected chi connectivity index (χ1v) is 10.7. The first kappa shape index (κ1) is 19.9. The molecule has 0 saturated heterocycles. The average molecular weight is 442 g/mol. The number of sulfonamides is 1. The van der Waals surface area contributed by atoms with Gasteiger partial charge in [-0.05, 0) is 48.5 Å². The molecule has 8 nitrogen and oxygen atoms in total. The Morgan fingerprint density at radius 3 is 2.57 bits per heavy atom. The van der Waals surface area contributed by atoms with Gasteiger partial charge in [-0.15, -0.1) is 0 Å². The predicted octanol–water partition coefficient (Wildman–Crippen LogP) is 3.36. The van der Waals surface area contributed by atoms with Crippen LogP contribution in [-0.2, 0) is 21.2 Å². The zero-order chi connectivity index (χ0) is 21.1. The standard InChI is InChI=1S/C20H16ClN5O3S/c21-14-4-9-19-23-16(13-26(19)12-14)11-20(27)24-15-5-7-17(8-6-15)30(28,29)25-18-3-1-2-10-22-18/h1-10,12-13H,11H2,(H,22,25)(H,24,27). The highest BCUT2D eigenvalue weighted by atomic mass is 35.5. The summed E-state index contributed by atoms with van der Waals surface area (Å²) in [6, 6.07) is 14.3. The number of aromatic nitrogens is 3. The largest absolute Gasteiger partial charge is 0.326 e. The van der Waals surface area contributed by atoms with Crippen molar-refractivity contribution in [3.05, 3.63) is 83.9 Å². The van der Waals surface area contributed by atoms with E-state index in [1.807, 2.05) is 0 Å². The lowest BCUT2D eigenvalue weighted by Gasteiger charge is -2.08. The summed E-state index contributed by atoms with van der Waals surface area (Å²) in [5, 5.41) is 3.31. The van der Waals surface area contributed by atoms with Crippen molar-refractivity contribution in [1.29, 1.82) is 0 Å². The Balaban J connectivity index is 1.41. The fraction of sp³-hybridized carbons (Fsp3) is 0.0500. The Hall–Kier alpha value is -3.43. The van der Waals surface area contributed by atoms with Gasteiger partial charge in [0.25, 0.3) is 10.0 Å². The van der Waals surface area contributed by atoms with Crippen molar-refractivity contribution < 1.29 is 13.2 Å². The van der Waals surface area contributed by atoms with Crippen LogP contribution >= 0.6 is 11.6 Å². The number of nitrogens with zero attached hydrogens (tertiary/aromatic N) is 3. The van der Waals surface area contributed by atoms with Gasteiger partial charge in [0.15, 0.2) is 0 Å². The van der Waals surface area contributed by atoms with Gasteiger partial charge in [0.05, 0.1) is 22.0 Å². The molecular formula is C20H16ClN5O3S. The molecule has 0 radical (unpaired) electrons. The molecule has 0 fully saturated rings. The summed E-state index contributed by atoms with van der Waals surface area (Å²) in [4.78, 5) is 20.7. The van der Waals surface area contributed by atoms with Crippen molar-refractivity contribution in [2.45, 2.75) is 11.3 Å². The summed E-state index contributed by atoms with van der Waals surface area (Å²) in [5.74, 6) is -0.0460. The van der Waals surface area contributed by atoms with Gasteiger partial charge in [0, 0.05) is 24.3 Å². The van der Waals surface area contributed by atoms with Crippen LogP contribution in [0.25, 0.3) is 5.65 Å². The molecule has 2 N–H and O–H groups in total. The number of anilines is 2. The fourth-order valence-corrected chi connectivity index (χ4v) is 3.99. The van der Waals surface area contributed by atoms with Gasteiger partial charge in [-0.3, -0.25) is 9.52 Å². The molecule has 30 heavy (non-hydrogen) atoms. The minimum absolute atomic E-state index is 0.0587. The number of carbonyl (C=O) groups excluding carboxylic acids is 1. The first-order valence-electron chi connectivity index (χ1n) is 8.86. The van der Waals surface area contributed by atoms with Crippen LogP contribution in [0, 0.1) is 0 Å². The van der Waals surface area contributed by atoms with Crippen LogP contribution in [0.3, 0.4) is 0 Å². The number of halogens is 1. The SMILES string of the molecule is O=C(Cc1cn2cc(Cl)ccc2n1)Nc1ccc(S(=O)(=O)Nc2ccccn2)cc1. The zero-order valence-electron chi connectivity index (χ0n) is 15.5. The molecule has 0 bridgehead atoms. The molecule has 0 spiro atoms. The summed E-state index contributed by atoms with van der Waals surface area (Å²) in [6.07, 6.45) is 5.01. The third kappa shape index (κ3) is 4.58. The van der Waals surface area contributed by atoms with E-state index in [4.69, 9.17) is 11.6 Å². The van der Waals surface area contributed by atoms with Gasteiger partial charge in [-0.1, -0.05) is 17.7 Å². The Morgan fingerprint density at radius 1 is 1.03 bits per heavy atom. The van der Waals surface area contributed by atoms with Crippen LogP contribution in [0.5, 0.6) is 0 Å². The smallest absolute Gasteiger partial charge is 0.263 e. The second-order valence-electron chi connectivity index (χ2n) is 6.41. The summed E-state index contributed by atoms with van der Waals surface area (Å²) < 4.78 is 29.0. The molecule has 10 heteroatoms. The molecule has 4 aromatic rings. The number of imidazole rings is 1. The molecule has 0 aliphatic carbocycles. The molecule has 0 saturated carbocycles. The quantitative estimate of drug-likeness (QED) is 0.477. The van der Waals surface area contributed by atoms with E-state index in [9.17, 15) is 13.2 Å². The van der Waals surface area contributed by atoms with Crippen LogP contribution in [0.15, 0.2) is 78.1 Å². The van der Waals surface area contributed by atoms with Crippen LogP contribution in [0.1, 0.15) is 5.69 Å². The molecule has 0 atom stereocenters. The highest BCUT2D eigenvalue weighted by Gasteiger charge is 2.15. The number of carbonyl (C=O) groups is 1. The minimum Gasteiger partial charge on any atom is -0.326 e. The van der Waals surface area contributed by atoms with Crippen LogP contribution in [0.2, 0.25) is 5.02 Å². The van der Waals surface area contributed by atoms with Crippen molar-refractivity contribution in [2.75, 3.05) is 10.0 Å². The molecule has 1 aromatic carbocycles. The Labute approximate surface area is 177 Å². The number of benzene rings is 1. The monoisotopic (exact) mass is 441 g/mol. The fourth-order valence-electron chi connectivity index (χ4n) is 2.81. The van der Waals surface area contributed by atoms with Crippen molar-refractivity contribution in [2.24, 2.45) is 0 Å². The third-order valence-corrected chi connectivity index (χ3v) is 5.75.